The van der Waals surface area contributed by atoms with Gasteiger partial charge < -0.3 is 0 Å². The smallest absolute Gasteiger partial charge is 0.159 e. The number of nitrogens with zero attached hydrogens (tertiary/aromatic N) is 5. The summed E-state index contributed by atoms with van der Waals surface area (Å²) in [6, 6.07) is 4.03. The molecule has 1 aliphatic carbocycles. The first-order valence-electron chi connectivity index (χ1n) is 7.11. The SMILES string of the molecule is Cc1cc(-n2nc(C3CCCC3)c(C#N)c2Cl)nc(C)n1. The van der Waals surface area contributed by atoms with E-state index in [1.54, 1.807) is 4.68 Å². The van der Waals surface area contributed by atoms with Gasteiger partial charge in [-0.15, -0.1) is 0 Å². The van der Waals surface area contributed by atoms with Crippen LogP contribution < -0.4 is 0 Å². The second-order valence-corrected chi connectivity index (χ2v) is 5.83. The average Bonchev–Trinajstić information content (AvgIpc) is 3.04. The van der Waals surface area contributed by atoms with E-state index in [2.05, 4.69) is 21.1 Å². The number of halogens is 1. The molecule has 0 aromatic carbocycles. The highest BCUT2D eigenvalue weighted by Crippen LogP contribution is 2.37. The number of hydrogen-bond donors (Lipinski definition) is 0. The quantitative estimate of drug-likeness (QED) is 0.852. The molecule has 0 radical (unpaired) electrons. The Morgan fingerprint density at radius 3 is 2.62 bits per heavy atom. The van der Waals surface area contributed by atoms with Crippen molar-refractivity contribution < 1.29 is 0 Å². The summed E-state index contributed by atoms with van der Waals surface area (Å²) in [4.78, 5) is 8.63. The number of rotatable bonds is 2. The molecule has 0 saturated heterocycles. The van der Waals surface area contributed by atoms with Crippen LogP contribution in [0.15, 0.2) is 6.07 Å². The molecule has 0 unspecified atom stereocenters. The van der Waals surface area contributed by atoms with Crippen LogP contribution in [0.5, 0.6) is 0 Å². The van der Waals surface area contributed by atoms with Gasteiger partial charge >= 0.3 is 0 Å². The van der Waals surface area contributed by atoms with Crippen molar-refractivity contribution in [2.45, 2.75) is 45.4 Å². The molecule has 108 valence electrons. The van der Waals surface area contributed by atoms with Gasteiger partial charge in [-0.05, 0) is 26.7 Å². The lowest BCUT2D eigenvalue weighted by atomic mass is 10.0. The Morgan fingerprint density at radius 2 is 2.00 bits per heavy atom. The Hall–Kier alpha value is -1.93. The Morgan fingerprint density at radius 1 is 1.29 bits per heavy atom. The minimum Gasteiger partial charge on any atom is -0.238 e. The van der Waals surface area contributed by atoms with Gasteiger partial charge in [0, 0.05) is 17.7 Å². The second-order valence-electron chi connectivity index (χ2n) is 5.47. The number of nitriles is 1. The Bertz CT molecular complexity index is 702. The van der Waals surface area contributed by atoms with E-state index in [9.17, 15) is 5.26 Å². The van der Waals surface area contributed by atoms with E-state index in [1.165, 1.54) is 12.8 Å². The molecule has 0 N–H and O–H groups in total. The number of hydrogen-bond acceptors (Lipinski definition) is 4. The molecular weight excluding hydrogens is 286 g/mol. The molecule has 0 amide bonds. The van der Waals surface area contributed by atoms with E-state index in [0.717, 1.165) is 24.2 Å². The van der Waals surface area contributed by atoms with Crippen LogP contribution >= 0.6 is 11.6 Å². The fourth-order valence-corrected chi connectivity index (χ4v) is 3.22. The molecule has 2 aromatic rings. The maximum Gasteiger partial charge on any atom is 0.159 e. The fraction of sp³-hybridized carbons (Fsp3) is 0.467. The molecule has 0 aliphatic heterocycles. The summed E-state index contributed by atoms with van der Waals surface area (Å²) >= 11 is 6.36. The van der Waals surface area contributed by atoms with Crippen molar-refractivity contribution in [2.24, 2.45) is 0 Å². The van der Waals surface area contributed by atoms with Gasteiger partial charge in [0.05, 0.1) is 5.69 Å². The first-order chi connectivity index (χ1) is 10.1. The molecule has 1 fully saturated rings. The molecule has 0 bridgehead atoms. The van der Waals surface area contributed by atoms with Gasteiger partial charge in [0.2, 0.25) is 0 Å². The van der Waals surface area contributed by atoms with Crippen molar-refractivity contribution in [3.63, 3.8) is 0 Å². The lowest BCUT2D eigenvalue weighted by Crippen LogP contribution is -2.04. The van der Waals surface area contributed by atoms with Gasteiger partial charge in [-0.1, -0.05) is 24.4 Å². The molecule has 1 saturated carbocycles. The van der Waals surface area contributed by atoms with E-state index in [4.69, 9.17) is 11.6 Å². The van der Waals surface area contributed by atoms with E-state index < -0.39 is 0 Å². The molecule has 3 rings (SSSR count). The third-order valence-electron chi connectivity index (χ3n) is 3.88. The maximum absolute atomic E-state index is 9.41. The normalized spacial score (nSPS) is 15.3. The van der Waals surface area contributed by atoms with Crippen molar-refractivity contribution in [3.05, 3.63) is 34.0 Å². The Kier molecular flexibility index (Phi) is 3.64. The first kappa shape index (κ1) is 14.0. The highest BCUT2D eigenvalue weighted by atomic mass is 35.5. The highest BCUT2D eigenvalue weighted by Gasteiger charge is 2.27. The Labute approximate surface area is 128 Å². The van der Waals surface area contributed by atoms with E-state index in [0.29, 0.717) is 28.3 Å². The molecule has 21 heavy (non-hydrogen) atoms. The third kappa shape index (κ3) is 2.52. The third-order valence-corrected chi connectivity index (χ3v) is 4.23. The van der Waals surface area contributed by atoms with Gasteiger partial charge in [-0.3, -0.25) is 0 Å². The molecule has 6 heteroatoms. The minimum atomic E-state index is 0.336. The summed E-state index contributed by atoms with van der Waals surface area (Å²) in [5.74, 6) is 1.62. The zero-order chi connectivity index (χ0) is 15.0. The highest BCUT2D eigenvalue weighted by molar-refractivity contribution is 6.31. The first-order valence-corrected chi connectivity index (χ1v) is 7.49. The topological polar surface area (TPSA) is 67.4 Å². The van der Waals surface area contributed by atoms with Crippen molar-refractivity contribution in [2.75, 3.05) is 0 Å². The van der Waals surface area contributed by atoms with Gasteiger partial charge in [0.1, 0.15) is 17.5 Å². The van der Waals surface area contributed by atoms with Crippen molar-refractivity contribution in [1.82, 2.24) is 19.7 Å². The van der Waals surface area contributed by atoms with Gasteiger partial charge in [0.15, 0.2) is 11.0 Å². The molecule has 2 aromatic heterocycles. The molecule has 0 spiro atoms. The van der Waals surface area contributed by atoms with Crippen LogP contribution in [0.3, 0.4) is 0 Å². The second kappa shape index (κ2) is 5.45. The lowest BCUT2D eigenvalue weighted by molar-refractivity contribution is 0.673. The predicted octanol–water partition coefficient (Wildman–Crippen LogP) is 3.46. The summed E-state index contributed by atoms with van der Waals surface area (Å²) in [5.41, 5.74) is 2.15. The summed E-state index contributed by atoms with van der Waals surface area (Å²) in [5, 5.41) is 14.3. The number of aromatic nitrogens is 4. The molecule has 1 aliphatic rings. The van der Waals surface area contributed by atoms with Crippen LogP contribution in [-0.2, 0) is 0 Å². The fourth-order valence-electron chi connectivity index (χ4n) is 2.96. The minimum absolute atomic E-state index is 0.336. The summed E-state index contributed by atoms with van der Waals surface area (Å²) in [6.07, 6.45) is 4.52. The van der Waals surface area contributed by atoms with E-state index >= 15 is 0 Å². The van der Waals surface area contributed by atoms with Crippen molar-refractivity contribution in [3.8, 4) is 11.9 Å². The molecule has 0 atom stereocenters. The van der Waals surface area contributed by atoms with E-state index in [1.807, 2.05) is 19.9 Å². The zero-order valence-electron chi connectivity index (χ0n) is 12.1. The largest absolute Gasteiger partial charge is 0.238 e. The predicted molar refractivity (Wildman–Crippen MR) is 79.6 cm³/mol. The van der Waals surface area contributed by atoms with Crippen LogP contribution in [0.2, 0.25) is 5.15 Å². The zero-order valence-corrected chi connectivity index (χ0v) is 12.9. The van der Waals surface area contributed by atoms with Gasteiger partial charge in [-0.2, -0.15) is 10.4 Å². The van der Waals surface area contributed by atoms with Crippen molar-refractivity contribution in [1.29, 1.82) is 5.26 Å². The standard InChI is InChI=1S/C15H16ClN5/c1-9-7-13(19-10(2)18-9)21-15(16)12(8-17)14(20-21)11-5-3-4-6-11/h7,11H,3-6H2,1-2H3. The van der Waals surface area contributed by atoms with Crippen molar-refractivity contribution >= 4 is 11.6 Å². The van der Waals surface area contributed by atoms with Crippen LogP contribution in [0, 0.1) is 25.2 Å². The maximum atomic E-state index is 9.41. The Balaban J connectivity index is 2.13. The molecule has 5 nitrogen and oxygen atoms in total. The van der Waals surface area contributed by atoms with Crippen LogP contribution in [0.4, 0.5) is 0 Å². The van der Waals surface area contributed by atoms with Gasteiger partial charge in [-0.25, -0.2) is 14.6 Å². The number of aryl methyl sites for hydroxylation is 2. The summed E-state index contributed by atoms with van der Waals surface area (Å²) < 4.78 is 1.56. The summed E-state index contributed by atoms with van der Waals surface area (Å²) in [7, 11) is 0. The molecular formula is C15H16ClN5. The van der Waals surface area contributed by atoms with E-state index in [-0.39, 0.29) is 0 Å². The van der Waals surface area contributed by atoms with Crippen LogP contribution in [-0.4, -0.2) is 19.7 Å². The summed E-state index contributed by atoms with van der Waals surface area (Å²) in [6.45, 7) is 3.73. The van der Waals surface area contributed by atoms with Crippen LogP contribution in [0.1, 0.15) is 54.4 Å². The van der Waals surface area contributed by atoms with Crippen LogP contribution in [0.25, 0.3) is 5.82 Å². The molecule has 2 heterocycles. The van der Waals surface area contributed by atoms with Gasteiger partial charge in [0.25, 0.3) is 0 Å². The monoisotopic (exact) mass is 301 g/mol. The average molecular weight is 302 g/mol. The lowest BCUT2D eigenvalue weighted by Gasteiger charge is -2.05.